The fraction of sp³-hybridized carbons (Fsp3) is 0.400. The maximum Gasteiger partial charge on any atom is 0.134 e. The largest absolute Gasteiger partial charge is 0.497 e. The lowest BCUT2D eigenvalue weighted by Gasteiger charge is -2.28. The zero-order valence-corrected chi connectivity index (χ0v) is 15.2. The van der Waals surface area contributed by atoms with Crippen LogP contribution in [0.4, 0.5) is 0 Å². The van der Waals surface area contributed by atoms with Crippen molar-refractivity contribution in [2.24, 2.45) is 0 Å². The molecule has 0 N–H and O–H groups in total. The molecule has 0 saturated carbocycles. The molecule has 0 aromatic heterocycles. The van der Waals surface area contributed by atoms with Crippen LogP contribution in [-0.2, 0) is 17.9 Å². The van der Waals surface area contributed by atoms with Crippen LogP contribution in [0, 0.1) is 0 Å². The van der Waals surface area contributed by atoms with Crippen molar-refractivity contribution in [3.8, 4) is 5.75 Å². The Kier molecular flexibility index (Phi) is 6.79. The van der Waals surface area contributed by atoms with E-state index in [0.717, 1.165) is 25.4 Å². The number of nitrogens with zero attached hydrogens (tertiary/aromatic N) is 2. The molecule has 0 saturated heterocycles. The van der Waals surface area contributed by atoms with Crippen LogP contribution in [0.2, 0.25) is 0 Å². The third kappa shape index (κ3) is 6.32. The molecule has 0 aliphatic carbocycles. The first-order chi connectivity index (χ1) is 11.5. The number of hydrogen-bond donors (Lipinski definition) is 0. The highest BCUT2D eigenvalue weighted by Crippen LogP contribution is 2.15. The van der Waals surface area contributed by atoms with E-state index in [1.807, 2.05) is 18.2 Å². The number of hydroxylamine groups is 3. The van der Waals surface area contributed by atoms with Crippen LogP contribution in [0.15, 0.2) is 54.6 Å². The molecule has 0 spiro atoms. The average Bonchev–Trinajstić information content (AvgIpc) is 2.56. The third-order valence-corrected chi connectivity index (χ3v) is 3.93. The van der Waals surface area contributed by atoms with Crippen molar-refractivity contribution in [2.45, 2.75) is 13.1 Å². The minimum absolute atomic E-state index is 0.505. The third-order valence-electron chi connectivity index (χ3n) is 3.93. The van der Waals surface area contributed by atoms with Gasteiger partial charge in [-0.3, -0.25) is 4.90 Å². The maximum absolute atomic E-state index is 6.06. The van der Waals surface area contributed by atoms with Crippen molar-refractivity contribution in [3.63, 3.8) is 0 Å². The lowest BCUT2D eigenvalue weighted by Crippen LogP contribution is -2.40. The maximum atomic E-state index is 6.06. The molecule has 0 atom stereocenters. The van der Waals surface area contributed by atoms with E-state index in [0.29, 0.717) is 11.3 Å². The number of hydrogen-bond acceptors (Lipinski definition) is 3. The standard InChI is InChI=1S/C20H29N2O2/c1-21(16-18-8-6-5-7-9-18)14-15-24-22(2,3)17-19-10-12-20(23-4)13-11-19/h5-13H,14-17H2,1-4H3/q+1. The van der Waals surface area contributed by atoms with E-state index in [1.54, 1.807) is 7.11 Å². The molecular formula is C20H29N2O2+. The molecule has 0 aliphatic heterocycles. The van der Waals surface area contributed by atoms with Crippen LogP contribution in [0.1, 0.15) is 11.1 Å². The summed E-state index contributed by atoms with van der Waals surface area (Å²) in [6.45, 7) is 3.37. The minimum Gasteiger partial charge on any atom is -0.497 e. The first-order valence-corrected chi connectivity index (χ1v) is 8.31. The Labute approximate surface area is 145 Å². The number of quaternary nitrogens is 1. The van der Waals surface area contributed by atoms with E-state index >= 15 is 0 Å². The second kappa shape index (κ2) is 8.83. The highest BCUT2D eigenvalue weighted by atomic mass is 16.7. The Hall–Kier alpha value is -1.88. The quantitative estimate of drug-likeness (QED) is 0.520. The van der Waals surface area contributed by atoms with Crippen molar-refractivity contribution in [1.82, 2.24) is 4.90 Å². The zero-order valence-electron chi connectivity index (χ0n) is 15.2. The Balaban J connectivity index is 1.75. The Morgan fingerprint density at radius 3 is 2.21 bits per heavy atom. The van der Waals surface area contributed by atoms with E-state index < -0.39 is 0 Å². The monoisotopic (exact) mass is 329 g/mol. The molecule has 2 rings (SSSR count). The summed E-state index contributed by atoms with van der Waals surface area (Å²) < 4.78 is 5.70. The summed E-state index contributed by atoms with van der Waals surface area (Å²) in [6.07, 6.45) is 0. The van der Waals surface area contributed by atoms with Gasteiger partial charge in [0.05, 0.1) is 21.2 Å². The molecule has 4 nitrogen and oxygen atoms in total. The fourth-order valence-corrected chi connectivity index (χ4v) is 2.63. The lowest BCUT2D eigenvalue weighted by atomic mass is 10.2. The Morgan fingerprint density at radius 1 is 0.917 bits per heavy atom. The van der Waals surface area contributed by atoms with Gasteiger partial charge in [-0.2, -0.15) is 4.65 Å². The van der Waals surface area contributed by atoms with Gasteiger partial charge in [0, 0.05) is 18.7 Å². The van der Waals surface area contributed by atoms with Crippen molar-refractivity contribution >= 4 is 0 Å². The molecule has 0 radical (unpaired) electrons. The van der Waals surface area contributed by atoms with Crippen LogP contribution in [0.25, 0.3) is 0 Å². The normalized spacial score (nSPS) is 11.7. The number of rotatable bonds is 9. The van der Waals surface area contributed by atoms with Gasteiger partial charge in [0.2, 0.25) is 0 Å². The second-order valence-corrected chi connectivity index (χ2v) is 6.64. The first-order valence-electron chi connectivity index (χ1n) is 8.31. The smallest absolute Gasteiger partial charge is 0.134 e. The molecule has 24 heavy (non-hydrogen) atoms. The summed E-state index contributed by atoms with van der Waals surface area (Å²) >= 11 is 0. The number of ether oxygens (including phenoxy) is 1. The summed E-state index contributed by atoms with van der Waals surface area (Å²) in [5.74, 6) is 0.882. The summed E-state index contributed by atoms with van der Waals surface area (Å²) in [7, 11) is 7.98. The van der Waals surface area contributed by atoms with Crippen molar-refractivity contribution < 1.29 is 14.2 Å². The molecule has 130 valence electrons. The van der Waals surface area contributed by atoms with Crippen molar-refractivity contribution in [3.05, 3.63) is 65.7 Å². The predicted molar refractivity (Wildman–Crippen MR) is 97.5 cm³/mol. The van der Waals surface area contributed by atoms with E-state index in [4.69, 9.17) is 9.57 Å². The zero-order chi connectivity index (χ0) is 17.4. The number of methoxy groups -OCH3 is 1. The van der Waals surface area contributed by atoms with Gasteiger partial charge in [-0.15, -0.1) is 0 Å². The van der Waals surface area contributed by atoms with Crippen molar-refractivity contribution in [2.75, 3.05) is 41.4 Å². The van der Waals surface area contributed by atoms with Crippen LogP contribution >= 0.6 is 0 Å². The topological polar surface area (TPSA) is 21.7 Å². The van der Waals surface area contributed by atoms with E-state index in [1.165, 1.54) is 11.1 Å². The molecule has 2 aromatic rings. The van der Waals surface area contributed by atoms with Crippen LogP contribution < -0.4 is 4.74 Å². The molecule has 0 heterocycles. The van der Waals surface area contributed by atoms with Crippen LogP contribution in [0.5, 0.6) is 5.75 Å². The van der Waals surface area contributed by atoms with E-state index in [9.17, 15) is 0 Å². The molecule has 0 amide bonds. The fourth-order valence-electron chi connectivity index (χ4n) is 2.63. The van der Waals surface area contributed by atoms with Crippen molar-refractivity contribution in [1.29, 1.82) is 0 Å². The Bertz CT molecular complexity index is 597. The number of benzene rings is 2. The second-order valence-electron chi connectivity index (χ2n) is 6.64. The molecular weight excluding hydrogens is 300 g/mol. The van der Waals surface area contributed by atoms with Crippen LogP contribution in [-0.4, -0.2) is 51.0 Å². The molecule has 0 bridgehead atoms. The molecule has 0 unspecified atom stereocenters. The van der Waals surface area contributed by atoms with Gasteiger partial charge in [-0.1, -0.05) is 30.3 Å². The van der Waals surface area contributed by atoms with E-state index in [-0.39, 0.29) is 0 Å². The van der Waals surface area contributed by atoms with Gasteiger partial charge < -0.3 is 4.74 Å². The van der Waals surface area contributed by atoms with Gasteiger partial charge in [-0.05, 0) is 36.9 Å². The van der Waals surface area contributed by atoms with Gasteiger partial charge in [0.15, 0.2) is 0 Å². The predicted octanol–water partition coefficient (Wildman–Crippen LogP) is 3.34. The summed E-state index contributed by atoms with van der Waals surface area (Å²) in [5, 5.41) is 0. The van der Waals surface area contributed by atoms with E-state index in [2.05, 4.69) is 62.4 Å². The molecule has 4 heteroatoms. The van der Waals surface area contributed by atoms with Gasteiger partial charge >= 0.3 is 0 Å². The molecule has 2 aromatic carbocycles. The van der Waals surface area contributed by atoms with Gasteiger partial charge in [-0.25, -0.2) is 4.84 Å². The summed E-state index contributed by atoms with van der Waals surface area (Å²) in [6, 6.07) is 18.7. The van der Waals surface area contributed by atoms with Gasteiger partial charge in [0.1, 0.15) is 18.9 Å². The number of likely N-dealkylation sites (N-methyl/N-ethyl adjacent to an activating group) is 1. The SMILES string of the molecule is COc1ccc(C[N+](C)(C)OCCN(C)Cc2ccccc2)cc1. The summed E-state index contributed by atoms with van der Waals surface area (Å²) in [5.41, 5.74) is 2.56. The summed E-state index contributed by atoms with van der Waals surface area (Å²) in [4.78, 5) is 8.34. The average molecular weight is 329 g/mol. The lowest BCUT2D eigenvalue weighted by molar-refractivity contribution is -1.09. The van der Waals surface area contributed by atoms with Gasteiger partial charge in [0.25, 0.3) is 0 Å². The van der Waals surface area contributed by atoms with Crippen LogP contribution in [0.3, 0.4) is 0 Å². The highest BCUT2D eigenvalue weighted by Gasteiger charge is 2.18. The molecule has 0 fully saturated rings. The first kappa shape index (κ1) is 18.5. The highest BCUT2D eigenvalue weighted by molar-refractivity contribution is 5.26. The minimum atomic E-state index is 0.505. The Morgan fingerprint density at radius 2 is 1.58 bits per heavy atom. The molecule has 0 aliphatic rings.